The van der Waals surface area contributed by atoms with Crippen LogP contribution in [-0.4, -0.2) is 84.4 Å². The lowest BCUT2D eigenvalue weighted by molar-refractivity contribution is -0.150. The van der Waals surface area contributed by atoms with E-state index >= 15 is 0 Å². The zero-order valence-electron chi connectivity index (χ0n) is 15.3. The highest BCUT2D eigenvalue weighted by Gasteiger charge is 2.40. The summed E-state index contributed by atoms with van der Waals surface area (Å²) >= 11 is 0. The average molecular weight is 356 g/mol. The second-order valence-electron chi connectivity index (χ2n) is 7.62. The van der Waals surface area contributed by atoms with Gasteiger partial charge in [0, 0.05) is 32.2 Å². The standard InChI is InChI=1S/C20H28N4O2/c25-19-14-21-20(26)18-15-23(12-13-24(18)19)17-7-10-22(11-8-17)9-6-16-4-2-1-3-5-16/h1-5,17-18H,6-15H2,(H,21,26). The van der Waals surface area contributed by atoms with Crippen LogP contribution in [0.25, 0.3) is 0 Å². The van der Waals surface area contributed by atoms with E-state index in [1.54, 1.807) is 4.90 Å². The van der Waals surface area contributed by atoms with Crippen molar-refractivity contribution in [2.75, 3.05) is 45.8 Å². The molecule has 0 spiro atoms. The summed E-state index contributed by atoms with van der Waals surface area (Å²) in [6, 6.07) is 10.9. The van der Waals surface area contributed by atoms with Gasteiger partial charge in [-0.15, -0.1) is 0 Å². The average Bonchev–Trinajstić information content (AvgIpc) is 2.70. The SMILES string of the molecule is O=C1NCC(=O)N2CCN(C3CCN(CCc4ccccc4)CC3)CC12. The van der Waals surface area contributed by atoms with Crippen LogP contribution in [0.4, 0.5) is 0 Å². The molecule has 3 fully saturated rings. The number of piperazine rings is 2. The van der Waals surface area contributed by atoms with Crippen LogP contribution in [0.15, 0.2) is 30.3 Å². The van der Waals surface area contributed by atoms with Crippen LogP contribution >= 0.6 is 0 Å². The predicted octanol–water partition coefficient (Wildman–Crippen LogP) is 0.336. The van der Waals surface area contributed by atoms with E-state index in [9.17, 15) is 9.59 Å². The van der Waals surface area contributed by atoms with Crippen molar-refractivity contribution in [3.63, 3.8) is 0 Å². The minimum Gasteiger partial charge on any atom is -0.345 e. The predicted molar refractivity (Wildman–Crippen MR) is 99.7 cm³/mol. The number of piperidine rings is 1. The van der Waals surface area contributed by atoms with Crippen LogP contribution in [0.5, 0.6) is 0 Å². The van der Waals surface area contributed by atoms with Gasteiger partial charge in [-0.2, -0.15) is 0 Å². The molecule has 0 saturated carbocycles. The minimum atomic E-state index is -0.291. The van der Waals surface area contributed by atoms with Crippen molar-refractivity contribution < 1.29 is 9.59 Å². The number of nitrogens with one attached hydrogen (secondary N) is 1. The molecule has 4 rings (SSSR count). The second-order valence-corrected chi connectivity index (χ2v) is 7.62. The van der Waals surface area contributed by atoms with Crippen LogP contribution in [-0.2, 0) is 16.0 Å². The molecule has 0 aliphatic carbocycles. The highest BCUT2D eigenvalue weighted by molar-refractivity contribution is 5.95. The van der Waals surface area contributed by atoms with Gasteiger partial charge in [0.15, 0.2) is 0 Å². The van der Waals surface area contributed by atoms with E-state index in [-0.39, 0.29) is 24.4 Å². The van der Waals surface area contributed by atoms with E-state index in [4.69, 9.17) is 0 Å². The minimum absolute atomic E-state index is 0.00889. The molecule has 3 aliphatic rings. The third-order valence-corrected chi connectivity index (χ3v) is 6.08. The zero-order chi connectivity index (χ0) is 17.9. The van der Waals surface area contributed by atoms with E-state index in [2.05, 4.69) is 45.4 Å². The highest BCUT2D eigenvalue weighted by Crippen LogP contribution is 2.22. The Morgan fingerprint density at radius 3 is 2.54 bits per heavy atom. The molecule has 26 heavy (non-hydrogen) atoms. The van der Waals surface area contributed by atoms with Gasteiger partial charge in [0.2, 0.25) is 11.8 Å². The molecule has 1 unspecified atom stereocenters. The summed E-state index contributed by atoms with van der Waals surface area (Å²) in [5.74, 6) is 0.0691. The molecular weight excluding hydrogens is 328 g/mol. The lowest BCUT2D eigenvalue weighted by atomic mass is 9.99. The highest BCUT2D eigenvalue weighted by atomic mass is 16.2. The molecule has 1 aromatic carbocycles. The molecule has 0 radical (unpaired) electrons. The molecule has 3 heterocycles. The molecule has 3 saturated heterocycles. The lowest BCUT2D eigenvalue weighted by Crippen LogP contribution is -2.67. The third kappa shape index (κ3) is 3.76. The number of likely N-dealkylation sites (tertiary alicyclic amines) is 1. The van der Waals surface area contributed by atoms with Gasteiger partial charge in [-0.25, -0.2) is 0 Å². The van der Waals surface area contributed by atoms with Gasteiger partial charge >= 0.3 is 0 Å². The van der Waals surface area contributed by atoms with Gasteiger partial charge in [0.25, 0.3) is 0 Å². The number of benzene rings is 1. The number of amides is 2. The summed E-state index contributed by atoms with van der Waals surface area (Å²) in [5.41, 5.74) is 1.40. The summed E-state index contributed by atoms with van der Waals surface area (Å²) < 4.78 is 0. The number of nitrogens with zero attached hydrogens (tertiary/aromatic N) is 3. The zero-order valence-corrected chi connectivity index (χ0v) is 15.3. The first-order chi connectivity index (χ1) is 12.7. The van der Waals surface area contributed by atoms with Crippen molar-refractivity contribution in [1.29, 1.82) is 0 Å². The van der Waals surface area contributed by atoms with E-state index < -0.39 is 0 Å². The van der Waals surface area contributed by atoms with Gasteiger partial charge in [0.05, 0.1) is 6.54 Å². The first kappa shape index (κ1) is 17.5. The molecule has 1 aromatic rings. The molecule has 6 heteroatoms. The van der Waals surface area contributed by atoms with Crippen molar-refractivity contribution >= 4 is 11.8 Å². The molecule has 1 N–H and O–H groups in total. The van der Waals surface area contributed by atoms with E-state index in [1.807, 2.05) is 0 Å². The fourth-order valence-electron chi connectivity index (χ4n) is 4.48. The first-order valence-corrected chi connectivity index (χ1v) is 9.78. The van der Waals surface area contributed by atoms with Gasteiger partial charge in [0.1, 0.15) is 6.04 Å². The Morgan fingerprint density at radius 2 is 1.77 bits per heavy atom. The fourth-order valence-corrected chi connectivity index (χ4v) is 4.48. The fraction of sp³-hybridized carbons (Fsp3) is 0.600. The Kier molecular flexibility index (Phi) is 5.22. The number of hydrogen-bond acceptors (Lipinski definition) is 4. The molecule has 6 nitrogen and oxygen atoms in total. The molecule has 2 amide bonds. The summed E-state index contributed by atoms with van der Waals surface area (Å²) in [4.78, 5) is 30.9. The number of rotatable bonds is 4. The Morgan fingerprint density at radius 1 is 1.00 bits per heavy atom. The van der Waals surface area contributed by atoms with Crippen LogP contribution in [0.1, 0.15) is 18.4 Å². The molecule has 0 bridgehead atoms. The van der Waals surface area contributed by atoms with E-state index in [0.717, 1.165) is 45.4 Å². The van der Waals surface area contributed by atoms with Crippen molar-refractivity contribution in [2.24, 2.45) is 0 Å². The van der Waals surface area contributed by atoms with Crippen molar-refractivity contribution in [3.8, 4) is 0 Å². The van der Waals surface area contributed by atoms with Crippen molar-refractivity contribution in [1.82, 2.24) is 20.0 Å². The quantitative estimate of drug-likeness (QED) is 0.845. The largest absolute Gasteiger partial charge is 0.345 e. The maximum atomic E-state index is 12.1. The van der Waals surface area contributed by atoms with E-state index in [1.165, 1.54) is 5.56 Å². The van der Waals surface area contributed by atoms with Crippen LogP contribution in [0, 0.1) is 0 Å². The summed E-state index contributed by atoms with van der Waals surface area (Å²) in [6.07, 6.45) is 3.41. The van der Waals surface area contributed by atoms with Crippen molar-refractivity contribution in [2.45, 2.75) is 31.3 Å². The Labute approximate surface area is 155 Å². The van der Waals surface area contributed by atoms with Crippen molar-refractivity contribution in [3.05, 3.63) is 35.9 Å². The Bertz CT molecular complexity index is 642. The maximum absolute atomic E-state index is 12.1. The Balaban J connectivity index is 1.26. The monoisotopic (exact) mass is 356 g/mol. The van der Waals surface area contributed by atoms with E-state index in [0.29, 0.717) is 19.1 Å². The number of hydrogen-bond donors (Lipinski definition) is 1. The third-order valence-electron chi connectivity index (χ3n) is 6.08. The van der Waals surface area contributed by atoms with Crippen LogP contribution in [0.2, 0.25) is 0 Å². The van der Waals surface area contributed by atoms with Crippen LogP contribution in [0.3, 0.4) is 0 Å². The summed E-state index contributed by atoms with van der Waals surface area (Å²) in [7, 11) is 0. The maximum Gasteiger partial charge on any atom is 0.244 e. The second kappa shape index (κ2) is 7.76. The van der Waals surface area contributed by atoms with Gasteiger partial charge in [-0.05, 0) is 37.9 Å². The Hall–Kier alpha value is -1.92. The molecular formula is C20H28N4O2. The summed E-state index contributed by atoms with van der Waals surface area (Å²) in [6.45, 7) is 5.78. The molecule has 3 aliphatic heterocycles. The molecule has 140 valence electrons. The van der Waals surface area contributed by atoms with Crippen LogP contribution < -0.4 is 5.32 Å². The number of carbonyl (C=O) groups is 2. The smallest absolute Gasteiger partial charge is 0.244 e. The number of fused-ring (bicyclic) bond motifs is 1. The normalized spacial score (nSPS) is 25.8. The molecule has 1 atom stereocenters. The first-order valence-electron chi connectivity index (χ1n) is 9.78. The van der Waals surface area contributed by atoms with Gasteiger partial charge in [-0.1, -0.05) is 30.3 Å². The number of carbonyl (C=O) groups excluding carboxylic acids is 2. The van der Waals surface area contributed by atoms with Gasteiger partial charge < -0.3 is 15.1 Å². The molecule has 0 aromatic heterocycles. The summed E-state index contributed by atoms with van der Waals surface area (Å²) in [5, 5.41) is 2.73. The van der Waals surface area contributed by atoms with Gasteiger partial charge in [-0.3, -0.25) is 14.5 Å². The lowest BCUT2D eigenvalue weighted by Gasteiger charge is -2.47. The topological polar surface area (TPSA) is 55.9 Å².